The first kappa shape index (κ1) is 14.3. The normalized spacial score (nSPS) is 23.7. The second-order valence-electron chi connectivity index (χ2n) is 5.32. The van der Waals surface area contributed by atoms with Gasteiger partial charge in [-0.3, -0.25) is 9.78 Å². The van der Waals surface area contributed by atoms with E-state index in [1.165, 1.54) is 6.42 Å². The Morgan fingerprint density at radius 2 is 2.00 bits per heavy atom. The van der Waals surface area contributed by atoms with Crippen LogP contribution in [0.1, 0.15) is 53.8 Å². The summed E-state index contributed by atoms with van der Waals surface area (Å²) in [5.74, 6) is -0.0532. The van der Waals surface area contributed by atoms with Gasteiger partial charge in [-0.05, 0) is 38.8 Å². The fourth-order valence-corrected chi connectivity index (χ4v) is 2.94. The first-order valence-electron chi connectivity index (χ1n) is 6.97. The summed E-state index contributed by atoms with van der Waals surface area (Å²) in [6.45, 7) is 3.79. The fraction of sp³-hybridized carbons (Fsp3) is 0.600. The lowest BCUT2D eigenvalue weighted by Gasteiger charge is -2.21. The summed E-state index contributed by atoms with van der Waals surface area (Å²) in [4.78, 5) is 16.6. The van der Waals surface area contributed by atoms with Crippen LogP contribution in [0.25, 0.3) is 0 Å². The maximum absolute atomic E-state index is 12.3. The lowest BCUT2D eigenvalue weighted by atomic mass is 10.1. The van der Waals surface area contributed by atoms with Crippen LogP contribution in [-0.2, 0) is 0 Å². The zero-order valence-corrected chi connectivity index (χ0v) is 12.3. The van der Waals surface area contributed by atoms with E-state index in [-0.39, 0.29) is 17.3 Å². The molecule has 19 heavy (non-hydrogen) atoms. The molecule has 1 aliphatic rings. The van der Waals surface area contributed by atoms with Gasteiger partial charge in [-0.1, -0.05) is 19.3 Å². The van der Waals surface area contributed by atoms with Crippen molar-refractivity contribution >= 4 is 17.5 Å². The minimum absolute atomic E-state index is 0.0464. The summed E-state index contributed by atoms with van der Waals surface area (Å²) in [7, 11) is 0. The molecular formula is C15H21ClN2O. The summed E-state index contributed by atoms with van der Waals surface area (Å²) in [6, 6.07) is 3.79. The van der Waals surface area contributed by atoms with Crippen molar-refractivity contribution < 1.29 is 4.79 Å². The van der Waals surface area contributed by atoms with Crippen molar-refractivity contribution in [1.82, 2.24) is 10.3 Å². The molecule has 0 radical (unpaired) electrons. The molecule has 0 saturated heterocycles. The monoisotopic (exact) mass is 280 g/mol. The molecule has 1 fully saturated rings. The highest BCUT2D eigenvalue weighted by molar-refractivity contribution is 6.21. The zero-order chi connectivity index (χ0) is 13.8. The molecule has 2 rings (SSSR count). The van der Waals surface area contributed by atoms with Crippen molar-refractivity contribution in [3.8, 4) is 0 Å². The predicted octanol–water partition coefficient (Wildman–Crippen LogP) is 3.37. The Morgan fingerprint density at radius 1 is 1.26 bits per heavy atom. The number of hydrogen-bond acceptors (Lipinski definition) is 2. The quantitative estimate of drug-likeness (QED) is 0.667. The molecule has 1 heterocycles. The van der Waals surface area contributed by atoms with Crippen molar-refractivity contribution in [3.05, 3.63) is 29.1 Å². The zero-order valence-electron chi connectivity index (χ0n) is 11.6. The van der Waals surface area contributed by atoms with Crippen molar-refractivity contribution in [1.29, 1.82) is 0 Å². The number of aromatic nitrogens is 1. The van der Waals surface area contributed by atoms with E-state index in [0.717, 1.165) is 37.1 Å². The Balaban J connectivity index is 2.07. The fourth-order valence-electron chi connectivity index (χ4n) is 2.60. The van der Waals surface area contributed by atoms with E-state index in [4.69, 9.17) is 11.6 Å². The van der Waals surface area contributed by atoms with Crippen molar-refractivity contribution in [2.24, 2.45) is 0 Å². The average Bonchev–Trinajstić information content (AvgIpc) is 2.55. The summed E-state index contributed by atoms with van der Waals surface area (Å²) < 4.78 is 0. The highest BCUT2D eigenvalue weighted by Crippen LogP contribution is 2.22. The Bertz CT molecular complexity index is 461. The minimum atomic E-state index is -0.0532. The molecule has 1 saturated carbocycles. The van der Waals surface area contributed by atoms with Crippen LogP contribution in [0.5, 0.6) is 0 Å². The molecule has 1 aromatic heterocycles. The van der Waals surface area contributed by atoms with Crippen LogP contribution in [0.4, 0.5) is 0 Å². The van der Waals surface area contributed by atoms with Crippen LogP contribution in [0, 0.1) is 13.8 Å². The Morgan fingerprint density at radius 3 is 2.74 bits per heavy atom. The smallest absolute Gasteiger partial charge is 0.253 e. The minimum Gasteiger partial charge on any atom is -0.348 e. The second-order valence-corrected chi connectivity index (χ2v) is 5.88. The van der Waals surface area contributed by atoms with Gasteiger partial charge in [0.15, 0.2) is 0 Å². The third kappa shape index (κ3) is 3.69. The standard InChI is InChI=1S/C15H21ClN2O/c1-10-8-9-12(11(2)17-10)15(19)18-14-7-5-3-4-6-13(14)16/h8-9,13-14H,3-7H2,1-2H3,(H,18,19). The Labute approximate surface area is 119 Å². The molecule has 3 nitrogen and oxygen atoms in total. The average molecular weight is 281 g/mol. The van der Waals surface area contributed by atoms with Crippen molar-refractivity contribution in [3.63, 3.8) is 0 Å². The summed E-state index contributed by atoms with van der Waals surface area (Å²) in [6.07, 6.45) is 5.46. The van der Waals surface area contributed by atoms with Crippen LogP contribution >= 0.6 is 11.6 Å². The summed E-state index contributed by atoms with van der Waals surface area (Å²) in [5, 5.41) is 3.12. The van der Waals surface area contributed by atoms with Gasteiger partial charge in [-0.15, -0.1) is 11.6 Å². The van der Waals surface area contributed by atoms with E-state index in [1.807, 2.05) is 26.0 Å². The van der Waals surface area contributed by atoms with Gasteiger partial charge in [0.25, 0.3) is 5.91 Å². The SMILES string of the molecule is Cc1ccc(C(=O)NC2CCCCCC2Cl)c(C)n1. The first-order chi connectivity index (χ1) is 9.08. The molecule has 1 N–H and O–H groups in total. The largest absolute Gasteiger partial charge is 0.348 e. The second kappa shape index (κ2) is 6.38. The van der Waals surface area contributed by atoms with E-state index in [0.29, 0.717) is 5.56 Å². The number of aryl methyl sites for hydroxylation is 2. The van der Waals surface area contributed by atoms with Crippen LogP contribution in [0.2, 0.25) is 0 Å². The first-order valence-corrected chi connectivity index (χ1v) is 7.41. The van der Waals surface area contributed by atoms with E-state index >= 15 is 0 Å². The molecule has 0 bridgehead atoms. The van der Waals surface area contributed by atoms with Crippen LogP contribution in [0.15, 0.2) is 12.1 Å². The third-order valence-corrected chi connectivity index (χ3v) is 4.24. The molecule has 104 valence electrons. The van der Waals surface area contributed by atoms with E-state index in [9.17, 15) is 4.79 Å². The molecule has 1 aliphatic carbocycles. The lowest BCUT2D eigenvalue weighted by Crippen LogP contribution is -2.40. The van der Waals surface area contributed by atoms with Gasteiger partial charge in [0.2, 0.25) is 0 Å². The number of halogens is 1. The van der Waals surface area contributed by atoms with Crippen LogP contribution < -0.4 is 5.32 Å². The topological polar surface area (TPSA) is 42.0 Å². The Kier molecular flexibility index (Phi) is 4.81. The number of carbonyl (C=O) groups is 1. The van der Waals surface area contributed by atoms with Gasteiger partial charge in [0.05, 0.1) is 16.6 Å². The number of carbonyl (C=O) groups excluding carboxylic acids is 1. The number of rotatable bonds is 2. The van der Waals surface area contributed by atoms with Gasteiger partial charge >= 0.3 is 0 Å². The summed E-state index contributed by atoms with van der Waals surface area (Å²) >= 11 is 6.35. The van der Waals surface area contributed by atoms with Crippen molar-refractivity contribution in [2.75, 3.05) is 0 Å². The predicted molar refractivity (Wildman–Crippen MR) is 77.7 cm³/mol. The molecule has 0 aliphatic heterocycles. The number of alkyl halides is 1. The van der Waals surface area contributed by atoms with Crippen molar-refractivity contribution in [2.45, 2.75) is 57.4 Å². The van der Waals surface area contributed by atoms with E-state index in [2.05, 4.69) is 10.3 Å². The van der Waals surface area contributed by atoms with E-state index < -0.39 is 0 Å². The highest BCUT2D eigenvalue weighted by atomic mass is 35.5. The number of nitrogens with one attached hydrogen (secondary N) is 1. The molecular weight excluding hydrogens is 260 g/mol. The van der Waals surface area contributed by atoms with Gasteiger partial charge < -0.3 is 5.32 Å². The third-order valence-electron chi connectivity index (χ3n) is 3.72. The number of hydrogen-bond donors (Lipinski definition) is 1. The number of amides is 1. The van der Waals surface area contributed by atoms with Crippen LogP contribution in [0.3, 0.4) is 0 Å². The van der Waals surface area contributed by atoms with Gasteiger partial charge in [-0.25, -0.2) is 0 Å². The Hall–Kier alpha value is -1.09. The summed E-state index contributed by atoms with van der Waals surface area (Å²) in [5.41, 5.74) is 2.36. The molecule has 2 atom stereocenters. The molecule has 0 aromatic carbocycles. The maximum atomic E-state index is 12.3. The molecule has 1 amide bonds. The van der Waals surface area contributed by atoms with Gasteiger partial charge in [0, 0.05) is 11.7 Å². The molecule has 4 heteroatoms. The van der Waals surface area contributed by atoms with Crippen LogP contribution in [-0.4, -0.2) is 22.3 Å². The lowest BCUT2D eigenvalue weighted by molar-refractivity contribution is 0.0933. The number of pyridine rings is 1. The molecule has 1 aromatic rings. The maximum Gasteiger partial charge on any atom is 0.253 e. The van der Waals surface area contributed by atoms with E-state index in [1.54, 1.807) is 0 Å². The molecule has 2 unspecified atom stereocenters. The highest BCUT2D eigenvalue weighted by Gasteiger charge is 2.24. The molecule has 0 spiro atoms. The van der Waals surface area contributed by atoms with Gasteiger partial charge in [-0.2, -0.15) is 0 Å². The van der Waals surface area contributed by atoms with Gasteiger partial charge in [0.1, 0.15) is 0 Å². The number of nitrogens with zero attached hydrogens (tertiary/aromatic N) is 1.